The van der Waals surface area contributed by atoms with Crippen molar-refractivity contribution in [2.75, 3.05) is 20.3 Å². The average Bonchev–Trinajstić information content (AvgIpc) is 3.11. The number of carboxylic acids is 1. The number of carbonyl (C=O) groups excluding carboxylic acids is 2. The number of nitrogens with one attached hydrogen (secondary N) is 2. The molecule has 0 saturated carbocycles. The summed E-state index contributed by atoms with van der Waals surface area (Å²) in [4.78, 5) is 41.5. The van der Waals surface area contributed by atoms with E-state index in [0.29, 0.717) is 0 Å². The van der Waals surface area contributed by atoms with Crippen molar-refractivity contribution in [3.63, 3.8) is 0 Å². The van der Waals surface area contributed by atoms with Crippen molar-refractivity contribution in [3.05, 3.63) is 59.7 Å². The first-order valence-electron chi connectivity index (χ1n) is 10.9. The van der Waals surface area contributed by atoms with Crippen molar-refractivity contribution >= 4 is 18.0 Å². The Kier molecular flexibility index (Phi) is 7.90. The molecular formula is C25H30N2O7. The van der Waals surface area contributed by atoms with Crippen molar-refractivity contribution in [2.24, 2.45) is 5.41 Å². The fourth-order valence-corrected chi connectivity index (χ4v) is 3.93. The van der Waals surface area contributed by atoms with Crippen LogP contribution in [0.25, 0.3) is 11.1 Å². The molecule has 0 bridgehead atoms. The van der Waals surface area contributed by atoms with Crippen molar-refractivity contribution in [1.29, 1.82) is 0 Å². The van der Waals surface area contributed by atoms with E-state index in [-0.39, 0.29) is 19.1 Å². The highest BCUT2D eigenvalue weighted by atomic mass is 16.7. The largest absolute Gasteiger partial charge is 0.479 e. The Balaban J connectivity index is 1.65. The lowest BCUT2D eigenvalue weighted by Gasteiger charge is -2.30. The lowest BCUT2D eigenvalue weighted by molar-refractivity contribution is -0.166. The predicted octanol–water partition coefficient (Wildman–Crippen LogP) is 3.09. The third-order valence-electron chi connectivity index (χ3n) is 5.63. The van der Waals surface area contributed by atoms with Gasteiger partial charge >= 0.3 is 12.1 Å². The summed E-state index contributed by atoms with van der Waals surface area (Å²) < 4.78 is 10.3. The van der Waals surface area contributed by atoms with Crippen LogP contribution in [0.5, 0.6) is 0 Å². The lowest BCUT2D eigenvalue weighted by Crippen LogP contribution is -2.54. The van der Waals surface area contributed by atoms with E-state index < -0.39 is 35.5 Å². The number of rotatable bonds is 9. The minimum absolute atomic E-state index is 0.101. The average molecular weight is 471 g/mol. The second-order valence-corrected chi connectivity index (χ2v) is 9.14. The number of hydrogen-bond acceptors (Lipinski definition) is 6. The second kappa shape index (κ2) is 10.7. The van der Waals surface area contributed by atoms with Crippen molar-refractivity contribution in [1.82, 2.24) is 10.8 Å². The van der Waals surface area contributed by atoms with Gasteiger partial charge in [0.05, 0.1) is 6.61 Å². The van der Waals surface area contributed by atoms with Gasteiger partial charge in [0.1, 0.15) is 12.6 Å². The third kappa shape index (κ3) is 5.73. The smallest absolute Gasteiger partial charge is 0.407 e. The third-order valence-corrected chi connectivity index (χ3v) is 5.63. The van der Waals surface area contributed by atoms with E-state index >= 15 is 0 Å². The van der Waals surface area contributed by atoms with Gasteiger partial charge in [0, 0.05) is 13.0 Å². The van der Waals surface area contributed by atoms with Gasteiger partial charge in [-0.2, -0.15) is 0 Å². The number of aliphatic carboxylic acids is 1. The van der Waals surface area contributed by atoms with Crippen LogP contribution in [0.3, 0.4) is 0 Å². The summed E-state index contributed by atoms with van der Waals surface area (Å²) >= 11 is 0. The van der Waals surface area contributed by atoms with Gasteiger partial charge in [0.2, 0.25) is 6.10 Å². The van der Waals surface area contributed by atoms with Crippen LogP contribution in [0.4, 0.5) is 4.79 Å². The Hall–Kier alpha value is -3.43. The maximum Gasteiger partial charge on any atom is 0.407 e. The topological polar surface area (TPSA) is 123 Å². The zero-order valence-electron chi connectivity index (χ0n) is 19.7. The molecular weight excluding hydrogens is 440 g/mol. The molecule has 2 atom stereocenters. The molecule has 9 heteroatoms. The second-order valence-electron chi connectivity index (χ2n) is 9.14. The summed E-state index contributed by atoms with van der Waals surface area (Å²) in [5.74, 6) is -2.11. The van der Waals surface area contributed by atoms with Crippen LogP contribution < -0.4 is 10.8 Å². The summed E-state index contributed by atoms with van der Waals surface area (Å²) in [7, 11) is 1.32. The summed E-state index contributed by atoms with van der Waals surface area (Å²) in [5.41, 5.74) is 5.78. The first kappa shape index (κ1) is 25.2. The Morgan fingerprint density at radius 3 is 2.06 bits per heavy atom. The molecule has 0 spiro atoms. The van der Waals surface area contributed by atoms with Gasteiger partial charge < -0.3 is 19.9 Å². The van der Waals surface area contributed by atoms with Crippen molar-refractivity contribution < 1.29 is 33.8 Å². The molecule has 9 nitrogen and oxygen atoms in total. The Morgan fingerprint density at radius 1 is 1.00 bits per heavy atom. The summed E-state index contributed by atoms with van der Waals surface area (Å²) in [6.07, 6.45) is -2.15. The van der Waals surface area contributed by atoms with Crippen LogP contribution in [0.15, 0.2) is 48.5 Å². The highest BCUT2D eigenvalue weighted by Crippen LogP contribution is 2.44. The van der Waals surface area contributed by atoms with Gasteiger partial charge in [-0.05, 0) is 27.7 Å². The monoisotopic (exact) mass is 470 g/mol. The standard InChI is InChI=1S/C25H30N2O7/c1-25(2,3)21(22(28)27-34-20(14-32-4)23(29)30)26-24(31)33-13-19-17-11-7-5-9-15(17)16-10-6-8-12-18(16)19/h5-12,19-21H,13-14H2,1-4H3,(H,26,31)(H,27,28)(H,29,30)/t20?,21-/m1/s1. The molecule has 0 fully saturated rings. The molecule has 2 aromatic rings. The van der Waals surface area contributed by atoms with E-state index in [9.17, 15) is 14.4 Å². The minimum atomic E-state index is -1.39. The zero-order chi connectivity index (χ0) is 24.9. The predicted molar refractivity (Wildman–Crippen MR) is 124 cm³/mol. The van der Waals surface area contributed by atoms with E-state index in [2.05, 4.69) is 10.8 Å². The maximum atomic E-state index is 12.7. The van der Waals surface area contributed by atoms with E-state index in [4.69, 9.17) is 19.4 Å². The van der Waals surface area contributed by atoms with Gasteiger partial charge in [0.25, 0.3) is 5.91 Å². The molecule has 1 unspecified atom stereocenters. The molecule has 3 rings (SSSR count). The molecule has 0 aliphatic heterocycles. The van der Waals surface area contributed by atoms with Crippen LogP contribution in [-0.2, 0) is 23.9 Å². The summed E-state index contributed by atoms with van der Waals surface area (Å²) in [6.45, 7) is 5.11. The molecule has 0 radical (unpaired) electrons. The van der Waals surface area contributed by atoms with Crippen molar-refractivity contribution in [2.45, 2.75) is 38.8 Å². The SMILES string of the molecule is COCC(ONC(=O)[C@@H](NC(=O)OCC1c2ccccc2-c2ccccc21)C(C)(C)C)C(=O)O. The summed E-state index contributed by atoms with van der Waals surface area (Å²) in [5, 5.41) is 11.7. The zero-order valence-corrected chi connectivity index (χ0v) is 19.7. The van der Waals surface area contributed by atoms with Gasteiger partial charge in [-0.25, -0.2) is 15.1 Å². The van der Waals surface area contributed by atoms with Gasteiger partial charge in [-0.3, -0.25) is 9.63 Å². The molecule has 3 N–H and O–H groups in total. The molecule has 2 amide bonds. The summed E-state index contributed by atoms with van der Waals surface area (Å²) in [6, 6.07) is 14.9. The Bertz CT molecular complexity index is 1000. The maximum absolute atomic E-state index is 12.7. The van der Waals surface area contributed by atoms with E-state index in [1.807, 2.05) is 48.5 Å². The quantitative estimate of drug-likeness (QED) is 0.481. The Labute approximate surface area is 198 Å². The molecule has 182 valence electrons. The molecule has 1 aliphatic carbocycles. The molecule has 1 aliphatic rings. The number of hydrogen-bond donors (Lipinski definition) is 3. The number of hydroxylamine groups is 1. The van der Waals surface area contributed by atoms with Crippen LogP contribution in [0.1, 0.15) is 37.8 Å². The number of methoxy groups -OCH3 is 1. The van der Waals surface area contributed by atoms with Crippen molar-refractivity contribution in [3.8, 4) is 11.1 Å². The van der Waals surface area contributed by atoms with E-state index in [0.717, 1.165) is 22.3 Å². The molecule has 0 saturated heterocycles. The highest BCUT2D eigenvalue weighted by molar-refractivity contribution is 5.86. The molecule has 0 aromatic heterocycles. The molecule has 0 heterocycles. The number of carboxylic acid groups (broad SMARTS) is 1. The highest BCUT2D eigenvalue weighted by Gasteiger charge is 2.35. The number of alkyl carbamates (subject to hydrolysis) is 1. The van der Waals surface area contributed by atoms with Crippen LogP contribution >= 0.6 is 0 Å². The van der Waals surface area contributed by atoms with Gasteiger partial charge in [-0.15, -0.1) is 0 Å². The first-order valence-corrected chi connectivity index (χ1v) is 10.9. The molecule has 2 aromatic carbocycles. The number of fused-ring (bicyclic) bond motifs is 3. The van der Waals surface area contributed by atoms with Crippen LogP contribution in [-0.4, -0.2) is 55.5 Å². The van der Waals surface area contributed by atoms with Crippen LogP contribution in [0.2, 0.25) is 0 Å². The van der Waals surface area contributed by atoms with Gasteiger partial charge in [0.15, 0.2) is 0 Å². The lowest BCUT2D eigenvalue weighted by atomic mass is 9.86. The number of carbonyl (C=O) groups is 3. The Morgan fingerprint density at radius 2 is 1.56 bits per heavy atom. The van der Waals surface area contributed by atoms with E-state index in [1.54, 1.807) is 20.8 Å². The van der Waals surface area contributed by atoms with Crippen LogP contribution in [0, 0.1) is 5.41 Å². The number of amides is 2. The first-order chi connectivity index (χ1) is 16.1. The normalized spacial score (nSPS) is 14.5. The number of benzene rings is 2. The minimum Gasteiger partial charge on any atom is -0.479 e. The number of ether oxygens (including phenoxy) is 2. The van der Waals surface area contributed by atoms with E-state index in [1.165, 1.54) is 7.11 Å². The molecule has 34 heavy (non-hydrogen) atoms. The fourth-order valence-electron chi connectivity index (χ4n) is 3.93. The van der Waals surface area contributed by atoms with Gasteiger partial charge in [-0.1, -0.05) is 69.3 Å². The fraction of sp³-hybridized carbons (Fsp3) is 0.400.